The van der Waals surface area contributed by atoms with Crippen LogP contribution in [0.2, 0.25) is 0 Å². The summed E-state index contributed by atoms with van der Waals surface area (Å²) < 4.78 is 13.2. The summed E-state index contributed by atoms with van der Waals surface area (Å²) in [4.78, 5) is 21.7. The maximum Gasteiger partial charge on any atom is 0.305 e. The molecule has 0 spiro atoms. The van der Waals surface area contributed by atoms with Crippen LogP contribution in [0, 0.1) is 21.3 Å². The lowest BCUT2D eigenvalue weighted by molar-refractivity contribution is -0.387. The maximum absolute atomic E-state index is 13.2. The van der Waals surface area contributed by atoms with Gasteiger partial charge in [0.2, 0.25) is 5.82 Å². The van der Waals surface area contributed by atoms with Crippen molar-refractivity contribution in [3.8, 4) is 0 Å². The van der Waals surface area contributed by atoms with E-state index in [4.69, 9.17) is 5.11 Å². The van der Waals surface area contributed by atoms with Crippen molar-refractivity contribution < 1.29 is 19.2 Å². The fraction of sp³-hybridized carbons (Fsp3) is 0.500. The molecule has 0 aliphatic rings. The number of nitro groups is 1. The number of amides is 1. The van der Waals surface area contributed by atoms with Gasteiger partial charge in [-0.3, -0.25) is 14.9 Å². The minimum Gasteiger partial charge on any atom is -0.396 e. The number of nitrogens with one attached hydrogen (secondary N) is 1. The number of halogens is 1. The van der Waals surface area contributed by atoms with E-state index in [9.17, 15) is 19.3 Å². The Hall–Kier alpha value is -2.02. The van der Waals surface area contributed by atoms with Gasteiger partial charge in [-0.25, -0.2) is 0 Å². The van der Waals surface area contributed by atoms with Crippen LogP contribution >= 0.6 is 0 Å². The Kier molecular flexibility index (Phi) is 5.78. The summed E-state index contributed by atoms with van der Waals surface area (Å²) in [6.07, 6.45) is 1.36. The van der Waals surface area contributed by atoms with Gasteiger partial charge in [-0.05, 0) is 30.4 Å². The van der Waals surface area contributed by atoms with E-state index in [0.29, 0.717) is 13.0 Å². The van der Waals surface area contributed by atoms with Crippen molar-refractivity contribution in [3.63, 3.8) is 0 Å². The number of carbonyl (C=O) groups is 1. The molecule has 1 rings (SSSR count). The first-order valence-electron chi connectivity index (χ1n) is 6.60. The van der Waals surface area contributed by atoms with Crippen molar-refractivity contribution in [2.45, 2.75) is 26.7 Å². The van der Waals surface area contributed by atoms with Gasteiger partial charge >= 0.3 is 5.69 Å². The highest BCUT2D eigenvalue weighted by atomic mass is 19.1. The molecule has 0 saturated carbocycles. The molecule has 0 bridgehead atoms. The molecule has 0 radical (unpaired) electrons. The largest absolute Gasteiger partial charge is 0.396 e. The molecule has 0 saturated heterocycles. The molecule has 0 heterocycles. The second-order valence-electron chi connectivity index (χ2n) is 5.60. The van der Waals surface area contributed by atoms with E-state index >= 15 is 0 Å². The van der Waals surface area contributed by atoms with E-state index in [2.05, 4.69) is 5.32 Å². The van der Waals surface area contributed by atoms with Gasteiger partial charge in [0.05, 0.1) is 4.92 Å². The average Bonchev–Trinajstić information content (AvgIpc) is 2.43. The van der Waals surface area contributed by atoms with Gasteiger partial charge in [0, 0.05) is 24.8 Å². The number of benzene rings is 1. The van der Waals surface area contributed by atoms with Gasteiger partial charge in [0.1, 0.15) is 0 Å². The first-order valence-corrected chi connectivity index (χ1v) is 6.60. The molecular formula is C14H19FN2O4. The normalized spacial score (nSPS) is 11.2. The maximum atomic E-state index is 13.2. The Bertz CT molecular complexity index is 532. The molecule has 1 aromatic carbocycles. The fourth-order valence-corrected chi connectivity index (χ4v) is 1.86. The van der Waals surface area contributed by atoms with Crippen LogP contribution in [0.3, 0.4) is 0 Å². The van der Waals surface area contributed by atoms with Crippen LogP contribution in [0.5, 0.6) is 0 Å². The summed E-state index contributed by atoms with van der Waals surface area (Å²) in [5, 5.41) is 22.1. The second kappa shape index (κ2) is 7.12. The van der Waals surface area contributed by atoms with Gasteiger partial charge in [-0.1, -0.05) is 13.8 Å². The number of hydrogen-bond acceptors (Lipinski definition) is 4. The summed E-state index contributed by atoms with van der Waals surface area (Å²) >= 11 is 0. The number of aliphatic hydroxyl groups is 1. The van der Waals surface area contributed by atoms with Crippen molar-refractivity contribution in [1.29, 1.82) is 0 Å². The lowest BCUT2D eigenvalue weighted by Gasteiger charge is -2.24. The molecule has 21 heavy (non-hydrogen) atoms. The molecule has 7 heteroatoms. The summed E-state index contributed by atoms with van der Waals surface area (Å²) in [6.45, 7) is 4.32. The zero-order chi connectivity index (χ0) is 16.0. The van der Waals surface area contributed by atoms with Crippen molar-refractivity contribution >= 4 is 11.6 Å². The van der Waals surface area contributed by atoms with E-state index in [1.165, 1.54) is 6.07 Å². The summed E-state index contributed by atoms with van der Waals surface area (Å²) in [5.74, 6) is -1.46. The number of rotatable bonds is 7. The Morgan fingerprint density at radius 3 is 2.71 bits per heavy atom. The third-order valence-electron chi connectivity index (χ3n) is 3.14. The standard InChI is InChI=1S/C14H19FN2O4/c1-14(2,6-3-7-18)9-16-13(19)10-4-5-11(15)12(8-10)17(20)21/h4-5,8,18H,3,6-7,9H2,1-2H3,(H,16,19). The monoisotopic (exact) mass is 298 g/mol. The fourth-order valence-electron chi connectivity index (χ4n) is 1.86. The van der Waals surface area contributed by atoms with E-state index < -0.39 is 22.3 Å². The van der Waals surface area contributed by atoms with Crippen molar-refractivity contribution in [1.82, 2.24) is 5.32 Å². The molecule has 2 N–H and O–H groups in total. The minimum atomic E-state index is -0.972. The zero-order valence-corrected chi connectivity index (χ0v) is 12.1. The van der Waals surface area contributed by atoms with Gasteiger partial charge in [-0.15, -0.1) is 0 Å². The van der Waals surface area contributed by atoms with Gasteiger partial charge < -0.3 is 10.4 Å². The summed E-state index contributed by atoms with van der Waals surface area (Å²) in [6, 6.07) is 3.04. The highest BCUT2D eigenvalue weighted by molar-refractivity contribution is 5.94. The first-order chi connectivity index (χ1) is 9.76. The number of nitro benzene ring substituents is 1. The molecule has 0 fully saturated rings. The van der Waals surface area contributed by atoms with E-state index in [-0.39, 0.29) is 17.6 Å². The molecule has 0 aliphatic heterocycles. The Balaban J connectivity index is 2.72. The van der Waals surface area contributed by atoms with Crippen LogP contribution in [0.1, 0.15) is 37.0 Å². The average molecular weight is 298 g/mol. The Morgan fingerprint density at radius 1 is 1.48 bits per heavy atom. The van der Waals surface area contributed by atoms with Crippen molar-refractivity contribution in [2.24, 2.45) is 5.41 Å². The Morgan fingerprint density at radius 2 is 2.14 bits per heavy atom. The molecule has 1 aromatic rings. The zero-order valence-electron chi connectivity index (χ0n) is 12.1. The van der Waals surface area contributed by atoms with Crippen LogP contribution in [0.4, 0.5) is 10.1 Å². The molecule has 0 aliphatic carbocycles. The highest BCUT2D eigenvalue weighted by Gasteiger charge is 2.21. The number of hydrogen-bond donors (Lipinski definition) is 2. The van der Waals surface area contributed by atoms with Crippen molar-refractivity contribution in [2.75, 3.05) is 13.2 Å². The van der Waals surface area contributed by atoms with Crippen LogP contribution in [-0.2, 0) is 0 Å². The molecule has 0 unspecified atom stereocenters. The molecule has 1 amide bonds. The van der Waals surface area contributed by atoms with Crippen LogP contribution in [0.15, 0.2) is 18.2 Å². The van der Waals surface area contributed by atoms with E-state index in [1.54, 1.807) is 0 Å². The predicted molar refractivity (Wildman–Crippen MR) is 75.5 cm³/mol. The topological polar surface area (TPSA) is 92.5 Å². The lowest BCUT2D eigenvalue weighted by Crippen LogP contribution is -2.34. The third kappa shape index (κ3) is 5.11. The van der Waals surface area contributed by atoms with Crippen molar-refractivity contribution in [3.05, 3.63) is 39.7 Å². The summed E-state index contributed by atoms with van der Waals surface area (Å²) in [5.41, 5.74) is -0.882. The smallest absolute Gasteiger partial charge is 0.305 e. The molecule has 0 aromatic heterocycles. The lowest BCUT2D eigenvalue weighted by atomic mass is 9.88. The molecule has 6 nitrogen and oxygen atoms in total. The first kappa shape index (κ1) is 17.0. The van der Waals surface area contributed by atoms with E-state index in [1.807, 2.05) is 13.8 Å². The van der Waals surface area contributed by atoms with E-state index in [0.717, 1.165) is 18.6 Å². The Labute approximate surface area is 122 Å². The van der Waals surface area contributed by atoms with Gasteiger partial charge in [-0.2, -0.15) is 4.39 Å². The number of aliphatic hydroxyl groups excluding tert-OH is 1. The number of carbonyl (C=O) groups excluding carboxylic acids is 1. The van der Waals surface area contributed by atoms with Gasteiger partial charge in [0.25, 0.3) is 5.91 Å². The molecular weight excluding hydrogens is 279 g/mol. The van der Waals surface area contributed by atoms with Crippen LogP contribution in [-0.4, -0.2) is 29.1 Å². The number of nitrogens with zero attached hydrogens (tertiary/aromatic N) is 1. The predicted octanol–water partition coefficient (Wildman–Crippen LogP) is 2.26. The quantitative estimate of drug-likeness (QED) is 0.596. The highest BCUT2D eigenvalue weighted by Crippen LogP contribution is 2.22. The van der Waals surface area contributed by atoms with Gasteiger partial charge in [0.15, 0.2) is 0 Å². The minimum absolute atomic E-state index is 0.0426. The van der Waals surface area contributed by atoms with Crippen LogP contribution in [0.25, 0.3) is 0 Å². The molecule has 116 valence electrons. The third-order valence-corrected chi connectivity index (χ3v) is 3.14. The SMILES string of the molecule is CC(C)(CCCO)CNC(=O)c1ccc(F)c([N+](=O)[O-])c1. The molecule has 0 atom stereocenters. The summed E-state index contributed by atoms with van der Waals surface area (Å²) in [7, 11) is 0. The second-order valence-corrected chi connectivity index (χ2v) is 5.60. The van der Waals surface area contributed by atoms with Crippen LogP contribution < -0.4 is 5.32 Å².